The fourth-order valence-corrected chi connectivity index (χ4v) is 2.26. The Morgan fingerprint density at radius 1 is 1.24 bits per heavy atom. The maximum atomic E-state index is 13.0. The maximum Gasteiger partial charge on any atom is 0.419 e. The van der Waals surface area contributed by atoms with Crippen LogP contribution in [0, 0.1) is 0 Å². The maximum absolute atomic E-state index is 13.0. The minimum absolute atomic E-state index is 0.0676. The lowest BCUT2D eigenvalue weighted by molar-refractivity contribution is -0.137. The molecule has 0 bridgehead atoms. The molecule has 0 aromatic carbocycles. The lowest BCUT2D eigenvalue weighted by Crippen LogP contribution is -2.52. The normalized spacial score (nSPS) is 16.0. The SMILES string of the molecule is CN(C)C(=O)N1CCN(c2ncccc2C(F)(F)F)CC1. The van der Waals surface area contributed by atoms with Gasteiger partial charge in [-0.25, -0.2) is 9.78 Å². The van der Waals surface area contributed by atoms with Crippen molar-refractivity contribution >= 4 is 11.8 Å². The molecular formula is C13H17F3N4O. The van der Waals surface area contributed by atoms with Crippen LogP contribution >= 0.6 is 0 Å². The molecule has 0 unspecified atom stereocenters. The van der Waals surface area contributed by atoms with Gasteiger partial charge >= 0.3 is 12.2 Å². The largest absolute Gasteiger partial charge is 0.419 e. The topological polar surface area (TPSA) is 39.7 Å². The number of aromatic nitrogens is 1. The second-order valence-corrected chi connectivity index (χ2v) is 5.02. The first-order valence-electron chi connectivity index (χ1n) is 6.54. The van der Waals surface area contributed by atoms with Gasteiger partial charge in [-0.3, -0.25) is 0 Å². The van der Waals surface area contributed by atoms with Crippen molar-refractivity contribution in [3.8, 4) is 0 Å². The van der Waals surface area contributed by atoms with Gasteiger partial charge in [0.25, 0.3) is 0 Å². The summed E-state index contributed by atoms with van der Waals surface area (Å²) >= 11 is 0. The monoisotopic (exact) mass is 302 g/mol. The van der Waals surface area contributed by atoms with Crippen molar-refractivity contribution in [3.05, 3.63) is 23.9 Å². The van der Waals surface area contributed by atoms with E-state index in [1.165, 1.54) is 17.2 Å². The standard InChI is InChI=1S/C13H17F3N4O/c1-18(2)12(21)20-8-6-19(7-9-20)11-10(13(14,15)16)4-3-5-17-11/h3-5H,6-9H2,1-2H3. The van der Waals surface area contributed by atoms with Gasteiger partial charge in [-0.1, -0.05) is 0 Å². The molecule has 0 aliphatic carbocycles. The lowest BCUT2D eigenvalue weighted by atomic mass is 10.2. The molecule has 5 nitrogen and oxygen atoms in total. The average molecular weight is 302 g/mol. The molecule has 1 aromatic heterocycles. The summed E-state index contributed by atoms with van der Waals surface area (Å²) in [7, 11) is 3.30. The molecule has 0 saturated carbocycles. The molecule has 2 heterocycles. The Morgan fingerprint density at radius 2 is 1.86 bits per heavy atom. The van der Waals surface area contributed by atoms with Crippen molar-refractivity contribution in [2.75, 3.05) is 45.2 Å². The van der Waals surface area contributed by atoms with Gasteiger partial charge in [0.1, 0.15) is 5.82 Å². The summed E-state index contributed by atoms with van der Waals surface area (Å²) < 4.78 is 38.9. The number of hydrogen-bond acceptors (Lipinski definition) is 3. The number of piperazine rings is 1. The molecular weight excluding hydrogens is 285 g/mol. The molecule has 0 atom stereocenters. The molecule has 1 aliphatic rings. The van der Waals surface area contributed by atoms with E-state index in [4.69, 9.17) is 0 Å². The zero-order valence-corrected chi connectivity index (χ0v) is 11.9. The lowest BCUT2D eigenvalue weighted by Gasteiger charge is -2.37. The average Bonchev–Trinajstić information content (AvgIpc) is 2.45. The zero-order chi connectivity index (χ0) is 15.6. The van der Waals surface area contributed by atoms with Gasteiger partial charge in [-0.2, -0.15) is 13.2 Å². The van der Waals surface area contributed by atoms with Crippen molar-refractivity contribution < 1.29 is 18.0 Å². The number of carbonyl (C=O) groups is 1. The Balaban J connectivity index is 2.12. The number of nitrogens with zero attached hydrogens (tertiary/aromatic N) is 4. The highest BCUT2D eigenvalue weighted by atomic mass is 19.4. The van der Waals surface area contributed by atoms with Crippen LogP contribution in [0.3, 0.4) is 0 Å². The third-order valence-corrected chi connectivity index (χ3v) is 3.32. The molecule has 1 saturated heterocycles. The molecule has 1 aliphatic heterocycles. The summed E-state index contributed by atoms with van der Waals surface area (Å²) in [6.45, 7) is 1.43. The van der Waals surface area contributed by atoms with E-state index in [0.29, 0.717) is 26.2 Å². The molecule has 116 valence electrons. The van der Waals surface area contributed by atoms with E-state index in [9.17, 15) is 18.0 Å². The number of urea groups is 1. The van der Waals surface area contributed by atoms with Crippen molar-refractivity contribution in [2.45, 2.75) is 6.18 Å². The second kappa shape index (κ2) is 5.79. The smallest absolute Gasteiger partial charge is 0.353 e. The first-order chi connectivity index (χ1) is 9.80. The van der Waals surface area contributed by atoms with Crippen LogP contribution in [-0.4, -0.2) is 61.1 Å². The fourth-order valence-electron chi connectivity index (χ4n) is 2.26. The minimum Gasteiger partial charge on any atom is -0.353 e. The number of halogens is 3. The van der Waals surface area contributed by atoms with Gasteiger partial charge in [0, 0.05) is 46.5 Å². The number of amides is 2. The molecule has 0 spiro atoms. The van der Waals surface area contributed by atoms with Crippen LogP contribution in [0.4, 0.5) is 23.8 Å². The zero-order valence-electron chi connectivity index (χ0n) is 11.9. The van der Waals surface area contributed by atoms with Crippen LogP contribution in [0.5, 0.6) is 0 Å². The molecule has 0 N–H and O–H groups in total. The highest BCUT2D eigenvalue weighted by molar-refractivity contribution is 5.74. The fraction of sp³-hybridized carbons (Fsp3) is 0.538. The van der Waals surface area contributed by atoms with Gasteiger partial charge in [0.15, 0.2) is 0 Å². The number of carbonyl (C=O) groups excluding carboxylic acids is 1. The van der Waals surface area contributed by atoms with Gasteiger partial charge in [0.2, 0.25) is 0 Å². The molecule has 0 radical (unpaired) electrons. The van der Waals surface area contributed by atoms with Crippen molar-refractivity contribution in [1.82, 2.24) is 14.8 Å². The van der Waals surface area contributed by atoms with Gasteiger partial charge in [-0.05, 0) is 12.1 Å². The van der Waals surface area contributed by atoms with Crippen LogP contribution in [0.1, 0.15) is 5.56 Å². The number of alkyl halides is 3. The van der Waals surface area contributed by atoms with E-state index in [1.54, 1.807) is 23.9 Å². The summed E-state index contributed by atoms with van der Waals surface area (Å²) in [6, 6.07) is 2.17. The number of hydrogen-bond donors (Lipinski definition) is 0. The molecule has 21 heavy (non-hydrogen) atoms. The van der Waals surface area contributed by atoms with Gasteiger partial charge in [0.05, 0.1) is 5.56 Å². The number of pyridine rings is 1. The molecule has 1 aromatic rings. The predicted molar refractivity (Wildman–Crippen MR) is 72.1 cm³/mol. The van der Waals surface area contributed by atoms with Crippen molar-refractivity contribution in [1.29, 1.82) is 0 Å². The highest BCUT2D eigenvalue weighted by Crippen LogP contribution is 2.35. The minimum atomic E-state index is -4.43. The van der Waals surface area contributed by atoms with E-state index in [0.717, 1.165) is 6.07 Å². The quantitative estimate of drug-likeness (QED) is 0.795. The van der Waals surface area contributed by atoms with Gasteiger partial charge in [-0.15, -0.1) is 0 Å². The van der Waals surface area contributed by atoms with E-state index in [2.05, 4.69) is 4.98 Å². The Kier molecular flexibility index (Phi) is 4.24. The predicted octanol–water partition coefficient (Wildman–Crippen LogP) is 1.90. The Bertz CT molecular complexity index is 510. The van der Waals surface area contributed by atoms with Crippen molar-refractivity contribution in [2.24, 2.45) is 0 Å². The Hall–Kier alpha value is -1.99. The second-order valence-electron chi connectivity index (χ2n) is 5.02. The molecule has 1 fully saturated rings. The summed E-state index contributed by atoms with van der Waals surface area (Å²) in [5.41, 5.74) is -0.739. The van der Waals surface area contributed by atoms with E-state index >= 15 is 0 Å². The van der Waals surface area contributed by atoms with Crippen LogP contribution in [0.25, 0.3) is 0 Å². The van der Waals surface area contributed by atoms with E-state index in [-0.39, 0.29) is 11.8 Å². The first-order valence-corrected chi connectivity index (χ1v) is 6.54. The summed E-state index contributed by atoms with van der Waals surface area (Å²) in [4.78, 5) is 20.3. The van der Waals surface area contributed by atoms with Crippen LogP contribution < -0.4 is 4.90 Å². The van der Waals surface area contributed by atoms with Crippen molar-refractivity contribution in [3.63, 3.8) is 0 Å². The van der Waals surface area contributed by atoms with Gasteiger partial charge < -0.3 is 14.7 Å². The van der Waals surface area contributed by atoms with Crippen LogP contribution in [0.2, 0.25) is 0 Å². The highest BCUT2D eigenvalue weighted by Gasteiger charge is 2.36. The third kappa shape index (κ3) is 3.37. The Labute approximate surface area is 121 Å². The third-order valence-electron chi connectivity index (χ3n) is 3.32. The van der Waals surface area contributed by atoms with Crippen LogP contribution in [-0.2, 0) is 6.18 Å². The molecule has 2 amide bonds. The summed E-state index contributed by atoms with van der Waals surface area (Å²) in [5.74, 6) is -0.0676. The molecule has 8 heteroatoms. The molecule has 2 rings (SSSR count). The Morgan fingerprint density at radius 3 is 2.38 bits per heavy atom. The number of anilines is 1. The first kappa shape index (κ1) is 15.4. The van der Waals surface area contributed by atoms with Crippen LogP contribution in [0.15, 0.2) is 18.3 Å². The summed E-state index contributed by atoms with van der Waals surface area (Å²) in [6.07, 6.45) is -3.08. The van der Waals surface area contributed by atoms with E-state index < -0.39 is 11.7 Å². The summed E-state index contributed by atoms with van der Waals surface area (Å²) in [5, 5.41) is 0. The number of rotatable bonds is 1. The van der Waals surface area contributed by atoms with E-state index in [1.807, 2.05) is 0 Å².